The van der Waals surface area contributed by atoms with Crippen LogP contribution in [0.4, 0.5) is 36.2 Å². The molecule has 0 fully saturated rings. The first-order valence-electron chi connectivity index (χ1n) is 18.4. The number of benzene rings is 2. The van der Waals surface area contributed by atoms with Crippen LogP contribution in [0.25, 0.3) is 11.6 Å². The minimum absolute atomic E-state index is 0.140. The van der Waals surface area contributed by atoms with Crippen LogP contribution in [0.1, 0.15) is 45.3 Å². The number of pyridine rings is 2. The van der Waals surface area contributed by atoms with Crippen molar-refractivity contribution in [2.24, 2.45) is 0 Å². The Labute approximate surface area is 332 Å². The zero-order valence-corrected chi connectivity index (χ0v) is 32.3. The molecule has 0 spiro atoms. The highest BCUT2D eigenvalue weighted by atomic mass is 19.1. The van der Waals surface area contributed by atoms with Crippen molar-refractivity contribution in [3.05, 3.63) is 166 Å². The maximum absolute atomic E-state index is 13.2. The number of nitrogens with zero attached hydrogens (tertiary/aromatic N) is 10. The van der Waals surface area contributed by atoms with Crippen molar-refractivity contribution >= 4 is 23.0 Å². The molecule has 3 N–H and O–H groups in total. The van der Waals surface area contributed by atoms with Gasteiger partial charge in [0.05, 0.1) is 42.5 Å². The van der Waals surface area contributed by atoms with E-state index in [4.69, 9.17) is 0 Å². The number of anilines is 4. The number of hydrogen-bond donors (Lipinski definition) is 3. The van der Waals surface area contributed by atoms with Gasteiger partial charge in [0.1, 0.15) is 29.9 Å². The maximum atomic E-state index is 13.2. The quantitative estimate of drug-likeness (QED) is 0.112. The van der Waals surface area contributed by atoms with E-state index < -0.39 is 6.67 Å². The molecule has 8 rings (SSSR count). The summed E-state index contributed by atoms with van der Waals surface area (Å²) in [5.74, 6) is 1.73. The minimum Gasteiger partial charge on any atom is -0.390 e. The third-order valence-corrected chi connectivity index (χ3v) is 8.90. The van der Waals surface area contributed by atoms with Gasteiger partial charge in [-0.15, -0.1) is 0 Å². The lowest BCUT2D eigenvalue weighted by molar-refractivity contribution is 0.276. The molecule has 8 aromatic rings. The number of alkyl halides is 1. The molecule has 0 saturated carbocycles. The summed E-state index contributed by atoms with van der Waals surface area (Å²) in [6, 6.07) is 27.2. The van der Waals surface area contributed by atoms with Crippen molar-refractivity contribution in [1.82, 2.24) is 49.1 Å². The summed E-state index contributed by atoms with van der Waals surface area (Å²) in [5.41, 5.74) is 8.27. The van der Waals surface area contributed by atoms with Gasteiger partial charge in [-0.3, -0.25) is 9.36 Å². The highest BCUT2D eigenvalue weighted by Gasteiger charge is 2.12. The smallest absolute Gasteiger partial charge is 0.156 e. The Balaban J connectivity index is 0.000000177. The number of aliphatic hydroxyl groups excluding tert-OH is 1. The summed E-state index contributed by atoms with van der Waals surface area (Å²) in [4.78, 5) is 9.20. The molecular formula is C42H41F3N12O. The lowest BCUT2D eigenvalue weighted by atomic mass is 10.2. The number of aryl methyl sites for hydroxylation is 4. The van der Waals surface area contributed by atoms with E-state index in [-0.39, 0.29) is 18.2 Å². The van der Waals surface area contributed by atoms with Gasteiger partial charge in [-0.1, -0.05) is 0 Å². The van der Waals surface area contributed by atoms with Crippen LogP contribution in [-0.4, -0.2) is 54.2 Å². The molecule has 0 aliphatic rings. The standard InChI is InChI=1S/C21H20F2N6.C21H21FN6O/c1-14-9-15(2)29(26-14)13-16-10-20(24-18-5-3-17(23)4-6-18)25-21(11-16)28-8-7-19(12-22)27-28;1-14-9-15(2)28(25-14)12-16-10-20(23-18-5-3-17(22)4-6-18)24-21(11-16)27-8-7-19(13-29)26-27/h3-11H,12-13H2,1-2H3,(H,24,25);3-11,29H,12-13H2,1-2H3,(H,23,24). The Morgan fingerprint density at radius 2 is 0.983 bits per heavy atom. The van der Waals surface area contributed by atoms with Gasteiger partial charge in [0.25, 0.3) is 0 Å². The molecule has 13 nitrogen and oxygen atoms in total. The largest absolute Gasteiger partial charge is 0.390 e. The van der Waals surface area contributed by atoms with Crippen LogP contribution in [0, 0.1) is 39.3 Å². The van der Waals surface area contributed by atoms with E-state index in [1.54, 1.807) is 53.5 Å². The predicted octanol–water partition coefficient (Wildman–Crippen LogP) is 7.99. The van der Waals surface area contributed by atoms with Crippen LogP contribution in [0.15, 0.2) is 109 Å². The van der Waals surface area contributed by atoms with Crippen molar-refractivity contribution < 1.29 is 18.3 Å². The zero-order chi connectivity index (χ0) is 40.8. The Bertz CT molecular complexity index is 2450. The molecule has 0 unspecified atom stereocenters. The Morgan fingerprint density at radius 1 is 0.552 bits per heavy atom. The number of hydrogen-bond acceptors (Lipinski definition) is 9. The van der Waals surface area contributed by atoms with Crippen molar-refractivity contribution in [2.75, 3.05) is 10.6 Å². The molecule has 0 radical (unpaired) electrons. The molecule has 6 aromatic heterocycles. The summed E-state index contributed by atoms with van der Waals surface area (Å²) in [7, 11) is 0. The van der Waals surface area contributed by atoms with Crippen molar-refractivity contribution in [3.63, 3.8) is 0 Å². The summed E-state index contributed by atoms with van der Waals surface area (Å²) in [5, 5.41) is 33.3. The fourth-order valence-corrected chi connectivity index (χ4v) is 6.20. The molecule has 0 saturated heterocycles. The molecule has 296 valence electrons. The Morgan fingerprint density at radius 3 is 1.34 bits per heavy atom. The monoisotopic (exact) mass is 786 g/mol. The number of aromatic nitrogens is 10. The van der Waals surface area contributed by atoms with E-state index in [2.05, 4.69) is 41.0 Å². The van der Waals surface area contributed by atoms with Crippen molar-refractivity contribution in [2.45, 2.75) is 54.1 Å². The molecule has 0 bridgehead atoms. The predicted molar refractivity (Wildman–Crippen MR) is 214 cm³/mol. The first-order chi connectivity index (χ1) is 28.0. The Kier molecular flexibility index (Phi) is 11.7. The maximum Gasteiger partial charge on any atom is 0.156 e. The van der Waals surface area contributed by atoms with Crippen molar-refractivity contribution in [1.29, 1.82) is 0 Å². The van der Waals surface area contributed by atoms with Crippen molar-refractivity contribution in [3.8, 4) is 11.6 Å². The third kappa shape index (κ3) is 9.83. The lowest BCUT2D eigenvalue weighted by Gasteiger charge is -2.12. The highest BCUT2D eigenvalue weighted by Crippen LogP contribution is 2.22. The summed E-state index contributed by atoms with van der Waals surface area (Å²) in [6.07, 6.45) is 3.43. The van der Waals surface area contributed by atoms with E-state index >= 15 is 0 Å². The first-order valence-corrected chi connectivity index (χ1v) is 18.4. The SMILES string of the molecule is Cc1cc(C)n(Cc2cc(Nc3ccc(F)cc3)nc(-n3ccc(CF)n3)c2)n1.Cc1cc(C)n(Cc2cc(Nc3ccc(F)cc3)nc(-n3ccc(CO)n3)c2)n1. The number of rotatable bonds is 12. The van der Waals surface area contributed by atoms with Crippen LogP contribution in [0.2, 0.25) is 0 Å². The van der Waals surface area contributed by atoms with E-state index in [1.165, 1.54) is 28.9 Å². The van der Waals surface area contributed by atoms with Gasteiger partial charge in [-0.25, -0.2) is 32.5 Å². The average Bonchev–Trinajstić information content (AvgIpc) is 4.01. The normalized spacial score (nSPS) is 11.0. The molecule has 0 aliphatic carbocycles. The van der Waals surface area contributed by atoms with Gasteiger partial charge in [0, 0.05) is 35.2 Å². The van der Waals surface area contributed by atoms with Gasteiger partial charge in [-0.05, 0) is 136 Å². The van der Waals surface area contributed by atoms with Crippen LogP contribution >= 0.6 is 0 Å². The molecule has 0 amide bonds. The molecular weight excluding hydrogens is 746 g/mol. The molecule has 0 aliphatic heterocycles. The minimum atomic E-state index is -0.640. The molecule has 6 heterocycles. The second-order valence-electron chi connectivity index (χ2n) is 13.7. The van der Waals surface area contributed by atoms with Crippen LogP contribution in [0.3, 0.4) is 0 Å². The summed E-state index contributed by atoms with van der Waals surface area (Å²) < 4.78 is 46.3. The second kappa shape index (κ2) is 17.4. The molecule has 16 heteroatoms. The second-order valence-corrected chi connectivity index (χ2v) is 13.7. The van der Waals surface area contributed by atoms with Gasteiger partial charge in [0.2, 0.25) is 0 Å². The van der Waals surface area contributed by atoms with Crippen LogP contribution in [-0.2, 0) is 26.4 Å². The van der Waals surface area contributed by atoms with Gasteiger partial charge >= 0.3 is 0 Å². The van der Waals surface area contributed by atoms with Gasteiger partial charge in [0.15, 0.2) is 11.6 Å². The molecule has 58 heavy (non-hydrogen) atoms. The first kappa shape index (κ1) is 39.2. The van der Waals surface area contributed by atoms with E-state index in [1.807, 2.05) is 73.5 Å². The third-order valence-electron chi connectivity index (χ3n) is 8.90. The molecule has 0 atom stereocenters. The van der Waals surface area contributed by atoms with Crippen LogP contribution < -0.4 is 10.6 Å². The number of nitrogens with one attached hydrogen (secondary N) is 2. The fraction of sp³-hybridized carbons (Fsp3) is 0.190. The summed E-state index contributed by atoms with van der Waals surface area (Å²) >= 11 is 0. The van der Waals surface area contributed by atoms with E-state index in [9.17, 15) is 18.3 Å². The fourth-order valence-electron chi connectivity index (χ4n) is 6.20. The zero-order valence-electron chi connectivity index (χ0n) is 32.3. The Hall–Kier alpha value is -7.07. The molecule has 2 aromatic carbocycles. The highest BCUT2D eigenvalue weighted by molar-refractivity contribution is 5.59. The van der Waals surface area contributed by atoms with E-state index in [0.29, 0.717) is 53.4 Å². The van der Waals surface area contributed by atoms with Gasteiger partial charge in [-0.2, -0.15) is 20.4 Å². The number of aliphatic hydroxyl groups is 1. The summed E-state index contributed by atoms with van der Waals surface area (Å²) in [6.45, 7) is 8.26. The van der Waals surface area contributed by atoms with Gasteiger partial charge < -0.3 is 15.7 Å². The topological polar surface area (TPSA) is 141 Å². The van der Waals surface area contributed by atoms with E-state index in [0.717, 1.165) is 39.6 Å². The average molecular weight is 787 g/mol. The lowest BCUT2D eigenvalue weighted by Crippen LogP contribution is -2.08. The number of halogens is 3. The van der Waals surface area contributed by atoms with Crippen LogP contribution in [0.5, 0.6) is 0 Å².